The minimum atomic E-state index is -1.47. The maximum atomic E-state index is 12.9. The summed E-state index contributed by atoms with van der Waals surface area (Å²) in [6.07, 6.45) is 11.1. The molecule has 0 radical (unpaired) electrons. The van der Waals surface area contributed by atoms with Crippen molar-refractivity contribution in [2.45, 2.75) is 111 Å². The molecule has 3 aliphatic rings. The zero-order valence-electron chi connectivity index (χ0n) is 26.3. The Morgan fingerprint density at radius 3 is 2.42 bits per heavy atom. The maximum Gasteiger partial charge on any atom is 0.331 e. The molecule has 0 aromatic carbocycles. The second-order valence-electron chi connectivity index (χ2n) is 12.2. The first-order valence-corrected chi connectivity index (χ1v) is 15.2. The van der Waals surface area contributed by atoms with Crippen molar-refractivity contribution in [3.8, 4) is 0 Å². The van der Waals surface area contributed by atoms with E-state index in [1.807, 2.05) is 39.0 Å². The zero-order chi connectivity index (χ0) is 31.9. The van der Waals surface area contributed by atoms with E-state index < -0.39 is 71.5 Å². The highest BCUT2D eigenvalue weighted by Crippen LogP contribution is 2.67. The highest BCUT2D eigenvalue weighted by molar-refractivity contribution is 5.82. The molecule has 1 aliphatic heterocycles. The Kier molecular flexibility index (Phi) is 11.7. The Morgan fingerprint density at radius 2 is 1.79 bits per heavy atom. The van der Waals surface area contributed by atoms with Gasteiger partial charge in [-0.3, -0.25) is 14.3 Å². The predicted molar refractivity (Wildman–Crippen MR) is 161 cm³/mol. The number of rotatable bonds is 12. The molecule has 1 heterocycles. The molecule has 1 saturated carbocycles. The molecular weight excluding hydrogens is 552 g/mol. The molecule has 0 bridgehead atoms. The second-order valence-corrected chi connectivity index (χ2v) is 12.2. The number of ether oxygens (including phenoxy) is 4. The molecule has 0 unspecified atom stereocenters. The Balaban J connectivity index is 2.09. The predicted octanol–water partition coefficient (Wildman–Crippen LogP) is 5.23. The minimum absolute atomic E-state index is 0.245. The van der Waals surface area contributed by atoms with Gasteiger partial charge in [0.2, 0.25) is 12.6 Å². The molecule has 0 aromatic heterocycles. The van der Waals surface area contributed by atoms with Crippen LogP contribution in [0.25, 0.3) is 0 Å². The first-order chi connectivity index (χ1) is 20.3. The van der Waals surface area contributed by atoms with Crippen LogP contribution in [0.2, 0.25) is 0 Å². The Labute approximate surface area is 255 Å². The number of carbonyl (C=O) groups is 3. The van der Waals surface area contributed by atoms with Gasteiger partial charge in [-0.2, -0.15) is 0 Å². The Morgan fingerprint density at radius 1 is 1.09 bits per heavy atom. The van der Waals surface area contributed by atoms with Crippen LogP contribution in [0, 0.1) is 22.7 Å². The van der Waals surface area contributed by atoms with Gasteiger partial charge < -0.3 is 24.4 Å². The SMILES string of the molecule is C=C/C(C)=C/C[C@]1(C)[C@H](C)[C@@H](O)[C@@H](O)[C@@]23C(=C[C@H](OC(=O)/C=C\C=C\CCCCC)C[C@@H]12)[C@@H](OC(C)=O)O[C@H]3OC(C)=O. The van der Waals surface area contributed by atoms with Crippen molar-refractivity contribution in [1.29, 1.82) is 0 Å². The van der Waals surface area contributed by atoms with Crippen LogP contribution in [0.3, 0.4) is 0 Å². The molecule has 9 nitrogen and oxygen atoms in total. The molecule has 238 valence electrons. The summed E-state index contributed by atoms with van der Waals surface area (Å²) in [7, 11) is 0. The smallest absolute Gasteiger partial charge is 0.331 e. The van der Waals surface area contributed by atoms with Gasteiger partial charge in [-0.05, 0) is 55.9 Å². The van der Waals surface area contributed by atoms with E-state index in [4.69, 9.17) is 18.9 Å². The van der Waals surface area contributed by atoms with Crippen molar-refractivity contribution in [2.75, 3.05) is 0 Å². The van der Waals surface area contributed by atoms with Crippen molar-refractivity contribution in [3.63, 3.8) is 0 Å². The molecule has 1 spiro atoms. The van der Waals surface area contributed by atoms with Gasteiger partial charge in [-0.15, -0.1) is 0 Å². The normalized spacial score (nSPS) is 35.7. The van der Waals surface area contributed by atoms with Gasteiger partial charge in [0, 0.05) is 25.5 Å². The largest absolute Gasteiger partial charge is 0.455 e. The molecule has 43 heavy (non-hydrogen) atoms. The molecule has 9 atom stereocenters. The lowest BCUT2D eigenvalue weighted by atomic mass is 9.44. The zero-order valence-corrected chi connectivity index (χ0v) is 26.3. The molecule has 9 heteroatoms. The van der Waals surface area contributed by atoms with Crippen LogP contribution in [0.5, 0.6) is 0 Å². The molecule has 0 amide bonds. The highest BCUT2D eigenvalue weighted by atomic mass is 16.8. The molecule has 3 rings (SSSR count). The van der Waals surface area contributed by atoms with Crippen molar-refractivity contribution < 1.29 is 43.5 Å². The van der Waals surface area contributed by atoms with Crippen molar-refractivity contribution in [3.05, 3.63) is 60.3 Å². The van der Waals surface area contributed by atoms with E-state index in [9.17, 15) is 24.6 Å². The summed E-state index contributed by atoms with van der Waals surface area (Å²) in [6.45, 7) is 14.2. The minimum Gasteiger partial charge on any atom is -0.455 e. The molecule has 2 aliphatic carbocycles. The van der Waals surface area contributed by atoms with Crippen LogP contribution >= 0.6 is 0 Å². The number of aliphatic hydroxyl groups excluding tert-OH is 2. The maximum absolute atomic E-state index is 12.9. The third-order valence-electron chi connectivity index (χ3n) is 9.42. The van der Waals surface area contributed by atoms with Gasteiger partial charge in [0.25, 0.3) is 0 Å². The van der Waals surface area contributed by atoms with E-state index in [0.717, 1.165) is 31.3 Å². The standard InChI is InChI=1S/C34H48O9/c1-8-10-11-12-13-14-15-16-28(37)42-25-19-26-31(40-23(5)35)43-32(41-24(6)36)34(26)27(20-25)33(7,18-17-21(3)9-2)22(4)29(38)30(34)39/h9,13-17,19,22,25,27,29-32,38-39H,2,8,10-12,18,20H2,1,3-7H3/b14-13+,16-15-,21-17+/t22-,25+,27+,29-,30-,31+,32-,33-,34-/m1/s1. The van der Waals surface area contributed by atoms with Gasteiger partial charge >= 0.3 is 17.9 Å². The van der Waals surface area contributed by atoms with Crippen molar-refractivity contribution in [1.82, 2.24) is 0 Å². The highest BCUT2D eigenvalue weighted by Gasteiger charge is 2.73. The summed E-state index contributed by atoms with van der Waals surface area (Å²) < 4.78 is 23.1. The number of unbranched alkanes of at least 4 members (excludes halogenated alkanes) is 3. The van der Waals surface area contributed by atoms with E-state index in [1.54, 1.807) is 18.2 Å². The number of hydrogen-bond acceptors (Lipinski definition) is 9. The third-order valence-corrected chi connectivity index (χ3v) is 9.42. The Bertz CT molecular complexity index is 1170. The van der Waals surface area contributed by atoms with Crippen LogP contribution in [0.15, 0.2) is 60.3 Å². The van der Waals surface area contributed by atoms with Gasteiger partial charge in [-0.25, -0.2) is 4.79 Å². The van der Waals surface area contributed by atoms with Crippen molar-refractivity contribution >= 4 is 17.9 Å². The summed E-state index contributed by atoms with van der Waals surface area (Å²) in [5, 5.41) is 23.3. The van der Waals surface area contributed by atoms with E-state index in [2.05, 4.69) is 13.5 Å². The fourth-order valence-corrected chi connectivity index (χ4v) is 6.92. The monoisotopic (exact) mass is 600 g/mol. The summed E-state index contributed by atoms with van der Waals surface area (Å²) >= 11 is 0. The number of hydrogen-bond donors (Lipinski definition) is 2. The quantitative estimate of drug-likeness (QED) is 0.0772. The third kappa shape index (κ3) is 7.21. The van der Waals surface area contributed by atoms with Crippen LogP contribution in [-0.2, 0) is 33.3 Å². The second kappa shape index (κ2) is 14.6. The molecule has 1 saturated heterocycles. The number of aliphatic hydroxyl groups is 2. The fraction of sp³-hybridized carbons (Fsp3) is 0.618. The van der Waals surface area contributed by atoms with E-state index in [-0.39, 0.29) is 6.42 Å². The van der Waals surface area contributed by atoms with Gasteiger partial charge in [-0.1, -0.05) is 76.1 Å². The Hall–Kier alpha value is -3.01. The first-order valence-electron chi connectivity index (χ1n) is 15.2. The van der Waals surface area contributed by atoms with E-state index in [0.29, 0.717) is 12.0 Å². The first kappa shape index (κ1) is 34.5. The lowest BCUT2D eigenvalue weighted by Crippen LogP contribution is -2.68. The summed E-state index contributed by atoms with van der Waals surface area (Å²) in [6, 6.07) is 0. The summed E-state index contributed by atoms with van der Waals surface area (Å²) in [4.78, 5) is 37.3. The van der Waals surface area contributed by atoms with Crippen LogP contribution in [-0.4, -0.2) is 59.0 Å². The molecule has 2 fully saturated rings. The van der Waals surface area contributed by atoms with Gasteiger partial charge in [0.1, 0.15) is 6.10 Å². The molecule has 0 aromatic rings. The fourth-order valence-electron chi connectivity index (χ4n) is 6.92. The van der Waals surface area contributed by atoms with Crippen LogP contribution in [0.4, 0.5) is 0 Å². The number of allylic oxidation sites excluding steroid dienone is 6. The van der Waals surface area contributed by atoms with Crippen molar-refractivity contribution in [2.24, 2.45) is 22.7 Å². The lowest BCUT2D eigenvalue weighted by Gasteiger charge is -2.61. The average Bonchev–Trinajstić information content (AvgIpc) is 3.24. The van der Waals surface area contributed by atoms with Gasteiger partial charge in [0.15, 0.2) is 0 Å². The number of esters is 3. The van der Waals surface area contributed by atoms with Gasteiger partial charge in [0.05, 0.1) is 17.6 Å². The van der Waals surface area contributed by atoms with Crippen LogP contribution < -0.4 is 0 Å². The topological polar surface area (TPSA) is 129 Å². The van der Waals surface area contributed by atoms with E-state index in [1.165, 1.54) is 19.9 Å². The van der Waals surface area contributed by atoms with E-state index >= 15 is 0 Å². The summed E-state index contributed by atoms with van der Waals surface area (Å²) in [5.74, 6) is -2.83. The molecular formula is C34H48O9. The number of carbonyl (C=O) groups excluding carboxylic acids is 3. The molecule has 2 N–H and O–H groups in total. The summed E-state index contributed by atoms with van der Waals surface area (Å²) in [5.41, 5.74) is -0.946. The average molecular weight is 601 g/mol. The lowest BCUT2D eigenvalue weighted by molar-refractivity contribution is -0.272. The van der Waals surface area contributed by atoms with Crippen LogP contribution in [0.1, 0.15) is 80.1 Å².